The van der Waals surface area contributed by atoms with E-state index >= 15 is 0 Å². The SMILES string of the molecule is Cc1nc2cccc3n2c1C=C(C(=O)NC1CCN(CCc2ccccc2)CC1)S3. The number of carbonyl (C=O) groups excluding carboxylic acids is 1. The molecule has 2 aliphatic heterocycles. The predicted octanol–water partition coefficient (Wildman–Crippen LogP) is 3.91. The van der Waals surface area contributed by atoms with Crippen LogP contribution in [0.3, 0.4) is 0 Å². The largest absolute Gasteiger partial charge is 0.349 e. The van der Waals surface area contributed by atoms with Crippen molar-refractivity contribution < 1.29 is 4.79 Å². The first-order chi connectivity index (χ1) is 14.7. The Bertz CT molecular complexity index is 1100. The van der Waals surface area contributed by atoms with Crippen molar-refractivity contribution in [1.29, 1.82) is 0 Å². The molecule has 2 aromatic heterocycles. The zero-order valence-corrected chi connectivity index (χ0v) is 18.0. The van der Waals surface area contributed by atoms with Gasteiger partial charge < -0.3 is 10.2 Å². The Morgan fingerprint density at radius 2 is 1.93 bits per heavy atom. The Kier molecular flexibility index (Phi) is 5.35. The standard InChI is InChI=1S/C24H26N4OS/c1-17-20-16-21(30-23-9-5-8-22(25-17)28(20)23)24(29)26-19-11-14-27(15-12-19)13-10-18-6-3-2-4-7-18/h2-9,16,19H,10-15H2,1H3,(H,26,29). The first-order valence-corrected chi connectivity index (χ1v) is 11.4. The van der Waals surface area contributed by atoms with Gasteiger partial charge in [-0.05, 0) is 50.0 Å². The molecule has 3 aromatic rings. The number of nitrogens with zero attached hydrogens (tertiary/aromatic N) is 3. The molecule has 0 atom stereocenters. The van der Waals surface area contributed by atoms with E-state index in [1.807, 2.05) is 31.2 Å². The van der Waals surface area contributed by atoms with Crippen LogP contribution >= 0.6 is 11.8 Å². The first-order valence-electron chi connectivity index (χ1n) is 10.6. The summed E-state index contributed by atoms with van der Waals surface area (Å²) in [7, 11) is 0. The minimum atomic E-state index is 0.0339. The van der Waals surface area contributed by atoms with Gasteiger partial charge in [0.1, 0.15) is 5.65 Å². The molecule has 4 heterocycles. The highest BCUT2D eigenvalue weighted by Gasteiger charge is 2.25. The lowest BCUT2D eigenvalue weighted by atomic mass is 10.0. The van der Waals surface area contributed by atoms with Gasteiger partial charge in [0, 0.05) is 25.7 Å². The van der Waals surface area contributed by atoms with E-state index in [4.69, 9.17) is 0 Å². The minimum absolute atomic E-state index is 0.0339. The molecule has 5 nitrogen and oxygen atoms in total. The number of piperidine rings is 1. The summed E-state index contributed by atoms with van der Waals surface area (Å²) in [5.41, 5.74) is 4.30. The lowest BCUT2D eigenvalue weighted by Crippen LogP contribution is -2.45. The molecule has 5 rings (SSSR count). The fourth-order valence-electron chi connectivity index (χ4n) is 4.31. The second-order valence-corrected chi connectivity index (χ2v) is 9.14. The molecule has 1 saturated heterocycles. The van der Waals surface area contributed by atoms with Crippen LogP contribution < -0.4 is 5.32 Å². The van der Waals surface area contributed by atoms with Gasteiger partial charge in [0.25, 0.3) is 5.91 Å². The molecule has 6 heteroatoms. The highest BCUT2D eigenvalue weighted by molar-refractivity contribution is 8.04. The van der Waals surface area contributed by atoms with Crippen LogP contribution in [0.4, 0.5) is 0 Å². The van der Waals surface area contributed by atoms with Crippen LogP contribution in [0.2, 0.25) is 0 Å². The number of pyridine rings is 1. The summed E-state index contributed by atoms with van der Waals surface area (Å²) in [6, 6.07) is 16.9. The molecule has 0 bridgehead atoms. The molecule has 2 aliphatic rings. The van der Waals surface area contributed by atoms with Gasteiger partial charge in [-0.15, -0.1) is 0 Å². The van der Waals surface area contributed by atoms with Crippen molar-refractivity contribution in [2.24, 2.45) is 0 Å². The Balaban J connectivity index is 1.17. The van der Waals surface area contributed by atoms with Crippen molar-refractivity contribution in [3.8, 4) is 0 Å². The summed E-state index contributed by atoms with van der Waals surface area (Å²) in [4.78, 5) is 20.8. The van der Waals surface area contributed by atoms with Crippen molar-refractivity contribution in [2.45, 2.75) is 37.3 Å². The number of aryl methyl sites for hydroxylation is 1. The van der Waals surface area contributed by atoms with E-state index in [9.17, 15) is 4.79 Å². The highest BCUT2D eigenvalue weighted by Crippen LogP contribution is 2.35. The smallest absolute Gasteiger partial charge is 0.258 e. The zero-order chi connectivity index (χ0) is 20.5. The molecule has 0 aliphatic carbocycles. The molecule has 0 saturated carbocycles. The number of hydrogen-bond donors (Lipinski definition) is 1. The summed E-state index contributed by atoms with van der Waals surface area (Å²) in [6.45, 7) is 5.16. The normalized spacial score (nSPS) is 17.2. The van der Waals surface area contributed by atoms with Crippen molar-refractivity contribution >= 4 is 29.4 Å². The number of thioether (sulfide) groups is 1. The highest BCUT2D eigenvalue weighted by atomic mass is 32.2. The number of nitrogens with one attached hydrogen (secondary N) is 1. The maximum atomic E-state index is 13.0. The molecule has 1 amide bonds. The molecule has 1 aromatic carbocycles. The molecule has 154 valence electrons. The van der Waals surface area contributed by atoms with Gasteiger partial charge in [0.05, 0.1) is 21.3 Å². The van der Waals surface area contributed by atoms with Gasteiger partial charge in [-0.3, -0.25) is 9.20 Å². The molecular weight excluding hydrogens is 392 g/mol. The Labute approximate surface area is 181 Å². The van der Waals surface area contributed by atoms with Crippen LogP contribution in [-0.4, -0.2) is 45.9 Å². The van der Waals surface area contributed by atoms with Crippen LogP contribution in [0.25, 0.3) is 11.7 Å². The number of imidazole rings is 1. The van der Waals surface area contributed by atoms with Crippen molar-refractivity contribution in [2.75, 3.05) is 19.6 Å². The Morgan fingerprint density at radius 3 is 2.73 bits per heavy atom. The number of benzene rings is 1. The number of hydrogen-bond acceptors (Lipinski definition) is 4. The quantitative estimate of drug-likeness (QED) is 0.683. The Hall–Kier alpha value is -2.57. The predicted molar refractivity (Wildman–Crippen MR) is 122 cm³/mol. The fourth-order valence-corrected chi connectivity index (χ4v) is 5.29. The first kappa shape index (κ1) is 19.4. The van der Waals surface area contributed by atoms with Crippen LogP contribution in [-0.2, 0) is 11.2 Å². The van der Waals surface area contributed by atoms with Gasteiger partial charge in [0.15, 0.2) is 0 Å². The van der Waals surface area contributed by atoms with Crippen molar-refractivity contribution in [3.05, 3.63) is 70.4 Å². The molecule has 1 fully saturated rings. The van der Waals surface area contributed by atoms with Gasteiger partial charge in [0.2, 0.25) is 0 Å². The molecule has 0 unspecified atom stereocenters. The summed E-state index contributed by atoms with van der Waals surface area (Å²) < 4.78 is 2.13. The minimum Gasteiger partial charge on any atom is -0.349 e. The van der Waals surface area contributed by atoms with Gasteiger partial charge in [-0.2, -0.15) is 0 Å². The van der Waals surface area contributed by atoms with E-state index in [1.54, 1.807) is 0 Å². The van der Waals surface area contributed by atoms with E-state index in [0.717, 1.165) is 65.9 Å². The van der Waals surface area contributed by atoms with Crippen molar-refractivity contribution in [3.63, 3.8) is 0 Å². The summed E-state index contributed by atoms with van der Waals surface area (Å²) in [6.07, 6.45) is 5.08. The number of rotatable bonds is 5. The molecular formula is C24H26N4OS. The van der Waals surface area contributed by atoms with Crippen LogP contribution in [0.5, 0.6) is 0 Å². The van der Waals surface area contributed by atoms with E-state index < -0.39 is 0 Å². The third kappa shape index (κ3) is 3.89. The van der Waals surface area contributed by atoms with Gasteiger partial charge in [-0.25, -0.2) is 4.98 Å². The second kappa shape index (κ2) is 8.28. The summed E-state index contributed by atoms with van der Waals surface area (Å²) in [5.74, 6) is 0.0339. The number of aromatic nitrogens is 2. The molecule has 0 radical (unpaired) electrons. The maximum absolute atomic E-state index is 13.0. The zero-order valence-electron chi connectivity index (χ0n) is 17.2. The van der Waals surface area contributed by atoms with Crippen LogP contribution in [0.1, 0.15) is 29.8 Å². The average Bonchev–Trinajstić information content (AvgIpc) is 3.11. The second-order valence-electron chi connectivity index (χ2n) is 8.08. The third-order valence-electron chi connectivity index (χ3n) is 6.02. The fraction of sp³-hybridized carbons (Fsp3) is 0.333. The molecule has 1 N–H and O–H groups in total. The van der Waals surface area contributed by atoms with E-state index in [0.29, 0.717) is 0 Å². The van der Waals surface area contributed by atoms with Crippen LogP contribution in [0.15, 0.2) is 58.5 Å². The van der Waals surface area contributed by atoms with E-state index in [-0.39, 0.29) is 11.9 Å². The van der Waals surface area contributed by atoms with E-state index in [2.05, 4.69) is 49.9 Å². The Morgan fingerprint density at radius 1 is 1.13 bits per heavy atom. The average molecular weight is 419 g/mol. The van der Waals surface area contributed by atoms with Gasteiger partial charge in [-0.1, -0.05) is 48.2 Å². The number of likely N-dealkylation sites (tertiary alicyclic amines) is 1. The maximum Gasteiger partial charge on any atom is 0.258 e. The van der Waals surface area contributed by atoms with Crippen LogP contribution in [0, 0.1) is 6.92 Å². The topological polar surface area (TPSA) is 49.6 Å². The monoisotopic (exact) mass is 418 g/mol. The molecule has 30 heavy (non-hydrogen) atoms. The lowest BCUT2D eigenvalue weighted by Gasteiger charge is -2.32. The molecule has 0 spiro atoms. The summed E-state index contributed by atoms with van der Waals surface area (Å²) in [5, 5.41) is 4.32. The van der Waals surface area contributed by atoms with E-state index in [1.165, 1.54) is 17.3 Å². The number of amides is 1. The summed E-state index contributed by atoms with van der Waals surface area (Å²) >= 11 is 1.53. The van der Waals surface area contributed by atoms with Crippen molar-refractivity contribution in [1.82, 2.24) is 19.6 Å². The van der Waals surface area contributed by atoms with Gasteiger partial charge >= 0.3 is 0 Å². The number of carbonyl (C=O) groups is 1. The third-order valence-corrected chi connectivity index (χ3v) is 7.07. The lowest BCUT2D eigenvalue weighted by molar-refractivity contribution is -0.117.